The fourth-order valence-electron chi connectivity index (χ4n) is 7.03. The Labute approximate surface area is 205 Å². The molecule has 7 rings (SSSR count). The topological polar surface area (TPSA) is 62.6 Å². The Morgan fingerprint density at radius 1 is 1.09 bits per heavy atom. The van der Waals surface area contributed by atoms with Crippen LogP contribution in [0.15, 0.2) is 47.4 Å². The van der Waals surface area contributed by atoms with Crippen LogP contribution in [0.1, 0.15) is 48.4 Å². The van der Waals surface area contributed by atoms with Gasteiger partial charge in [-0.1, -0.05) is 18.2 Å². The number of piperidine rings is 1. The number of morpholine rings is 1. The van der Waals surface area contributed by atoms with Crippen molar-refractivity contribution in [1.82, 2.24) is 19.8 Å². The first-order chi connectivity index (χ1) is 17.0. The number of hydrogen-bond donors (Lipinski definition) is 1. The number of aromatic nitrogens is 2. The molecule has 1 N–H and O–H groups in total. The van der Waals surface area contributed by atoms with Crippen LogP contribution in [0.3, 0.4) is 0 Å². The van der Waals surface area contributed by atoms with E-state index in [4.69, 9.17) is 4.74 Å². The molecular weight excluding hydrogens is 438 g/mol. The third-order valence-electron chi connectivity index (χ3n) is 8.75. The summed E-state index contributed by atoms with van der Waals surface area (Å²) in [6.45, 7) is 6.82. The summed E-state index contributed by atoms with van der Waals surface area (Å²) < 4.78 is 7.40. The molecule has 4 aliphatic heterocycles. The van der Waals surface area contributed by atoms with E-state index in [1.165, 1.54) is 16.7 Å². The van der Waals surface area contributed by atoms with Crippen LogP contribution >= 0.6 is 0 Å². The standard InChI is InChI=1S/C28H33N5O2/c1-17-12-32(25-11-27(34)31(2)28-24(25)4-3-7-29-28)14-26-23-6-5-18(8-20(23)13-33(17)26)19-9-21-15-35-16-22(10-19)30-21/h3-8,11,17,19,21-22,26,30H,9-10,12-16H2,1-2H3/t17-,19?,21-,22+,26-/m1/s1. The molecule has 3 fully saturated rings. The summed E-state index contributed by atoms with van der Waals surface area (Å²) in [5, 5.41) is 4.77. The van der Waals surface area contributed by atoms with Crippen LogP contribution in [0.5, 0.6) is 0 Å². The summed E-state index contributed by atoms with van der Waals surface area (Å²) in [5.74, 6) is 0.617. The van der Waals surface area contributed by atoms with E-state index in [1.807, 2.05) is 6.07 Å². The molecule has 2 aromatic heterocycles. The smallest absolute Gasteiger partial charge is 0.253 e. The minimum absolute atomic E-state index is 0.00474. The van der Waals surface area contributed by atoms with Gasteiger partial charge in [-0.05, 0) is 54.5 Å². The van der Waals surface area contributed by atoms with Crippen LogP contribution in [0.2, 0.25) is 0 Å². The van der Waals surface area contributed by atoms with Gasteiger partial charge in [0.05, 0.1) is 24.9 Å². The minimum atomic E-state index is -0.00474. The maximum absolute atomic E-state index is 12.7. The molecule has 0 aliphatic carbocycles. The van der Waals surface area contributed by atoms with Gasteiger partial charge in [-0.2, -0.15) is 0 Å². The first-order valence-corrected chi connectivity index (χ1v) is 13.0. The molecule has 7 heteroatoms. The molecule has 35 heavy (non-hydrogen) atoms. The van der Waals surface area contributed by atoms with E-state index in [9.17, 15) is 4.79 Å². The van der Waals surface area contributed by atoms with Gasteiger partial charge in [-0.15, -0.1) is 0 Å². The van der Waals surface area contributed by atoms with Crippen molar-refractivity contribution in [2.45, 2.75) is 56.4 Å². The predicted octanol–water partition coefficient (Wildman–Crippen LogP) is 2.93. The Kier molecular flexibility index (Phi) is 5.02. The molecule has 0 saturated carbocycles. The zero-order valence-electron chi connectivity index (χ0n) is 20.5. The minimum Gasteiger partial charge on any atom is -0.378 e. The van der Waals surface area contributed by atoms with Crippen molar-refractivity contribution in [2.24, 2.45) is 7.05 Å². The number of anilines is 1. The Morgan fingerprint density at radius 2 is 1.91 bits per heavy atom. The number of piperazine rings is 1. The molecule has 0 radical (unpaired) electrons. The van der Waals surface area contributed by atoms with Gasteiger partial charge >= 0.3 is 0 Å². The lowest BCUT2D eigenvalue weighted by molar-refractivity contribution is 0.0180. The van der Waals surface area contributed by atoms with Crippen LogP contribution < -0.4 is 15.8 Å². The number of rotatable bonds is 2. The third-order valence-corrected chi connectivity index (χ3v) is 8.75. The largest absolute Gasteiger partial charge is 0.378 e. The first-order valence-electron chi connectivity index (χ1n) is 13.0. The second kappa shape index (κ2) is 8.15. The van der Waals surface area contributed by atoms with E-state index in [1.54, 1.807) is 23.9 Å². The normalized spacial score (nSPS) is 30.3. The van der Waals surface area contributed by atoms with Crippen LogP contribution in [-0.2, 0) is 18.3 Å². The molecule has 6 heterocycles. The summed E-state index contributed by atoms with van der Waals surface area (Å²) in [5.41, 5.74) is 6.19. The van der Waals surface area contributed by atoms with E-state index in [2.05, 4.69) is 51.3 Å². The van der Waals surface area contributed by atoms with E-state index < -0.39 is 0 Å². The Hall–Kier alpha value is -2.74. The van der Waals surface area contributed by atoms with Crippen molar-refractivity contribution in [3.8, 4) is 0 Å². The molecule has 1 unspecified atom stereocenters. The maximum Gasteiger partial charge on any atom is 0.253 e. The fourth-order valence-corrected chi connectivity index (χ4v) is 7.03. The number of nitrogens with zero attached hydrogens (tertiary/aromatic N) is 4. The molecule has 4 aliphatic rings. The van der Waals surface area contributed by atoms with Gasteiger partial charge in [-0.25, -0.2) is 4.98 Å². The molecule has 2 bridgehead atoms. The second-order valence-corrected chi connectivity index (χ2v) is 11.0. The number of ether oxygens (including phenoxy) is 1. The Morgan fingerprint density at radius 3 is 2.74 bits per heavy atom. The molecule has 5 atom stereocenters. The van der Waals surface area contributed by atoms with E-state index in [0.717, 1.165) is 62.4 Å². The lowest BCUT2D eigenvalue weighted by Crippen LogP contribution is -2.53. The number of aryl methyl sites for hydroxylation is 1. The first kappa shape index (κ1) is 21.5. The number of benzene rings is 1. The van der Waals surface area contributed by atoms with Gasteiger partial charge in [0.2, 0.25) is 0 Å². The van der Waals surface area contributed by atoms with Crippen molar-refractivity contribution in [3.63, 3.8) is 0 Å². The van der Waals surface area contributed by atoms with Gasteiger partial charge in [0.25, 0.3) is 5.56 Å². The molecule has 182 valence electrons. The Balaban J connectivity index is 1.20. The highest BCUT2D eigenvalue weighted by molar-refractivity contribution is 5.89. The molecule has 7 nitrogen and oxygen atoms in total. The van der Waals surface area contributed by atoms with Gasteiger partial charge in [0.1, 0.15) is 5.65 Å². The fraction of sp³-hybridized carbons (Fsp3) is 0.500. The number of hydrogen-bond acceptors (Lipinski definition) is 6. The summed E-state index contributed by atoms with van der Waals surface area (Å²) in [6.07, 6.45) is 4.09. The zero-order valence-corrected chi connectivity index (χ0v) is 20.5. The lowest BCUT2D eigenvalue weighted by Gasteiger charge is -2.43. The molecule has 3 aromatic rings. The summed E-state index contributed by atoms with van der Waals surface area (Å²) in [6, 6.07) is 14.8. The van der Waals surface area contributed by atoms with Gasteiger partial charge in [0.15, 0.2) is 0 Å². The van der Waals surface area contributed by atoms with Crippen LogP contribution in [-0.4, -0.2) is 58.9 Å². The maximum atomic E-state index is 12.7. The van der Waals surface area contributed by atoms with Crippen molar-refractivity contribution in [2.75, 3.05) is 31.2 Å². The third kappa shape index (κ3) is 3.51. The second-order valence-electron chi connectivity index (χ2n) is 11.0. The summed E-state index contributed by atoms with van der Waals surface area (Å²) in [7, 11) is 1.80. The molecule has 1 aromatic carbocycles. The van der Waals surface area contributed by atoms with Crippen molar-refractivity contribution in [1.29, 1.82) is 0 Å². The highest BCUT2D eigenvalue weighted by atomic mass is 16.5. The van der Waals surface area contributed by atoms with Crippen LogP contribution in [0.25, 0.3) is 11.0 Å². The molecule has 0 spiro atoms. The van der Waals surface area contributed by atoms with Crippen molar-refractivity contribution in [3.05, 3.63) is 69.6 Å². The quantitative estimate of drug-likeness (QED) is 0.620. The van der Waals surface area contributed by atoms with E-state index in [-0.39, 0.29) is 5.56 Å². The highest BCUT2D eigenvalue weighted by Gasteiger charge is 2.40. The Bertz CT molecular complexity index is 1340. The highest BCUT2D eigenvalue weighted by Crippen LogP contribution is 2.42. The molecule has 3 saturated heterocycles. The summed E-state index contributed by atoms with van der Waals surface area (Å²) >= 11 is 0. The van der Waals surface area contributed by atoms with Crippen LogP contribution in [0.4, 0.5) is 5.69 Å². The van der Waals surface area contributed by atoms with Gasteiger partial charge in [0, 0.05) is 62.5 Å². The number of pyridine rings is 2. The molecule has 0 amide bonds. The predicted molar refractivity (Wildman–Crippen MR) is 137 cm³/mol. The van der Waals surface area contributed by atoms with Gasteiger partial charge in [-0.3, -0.25) is 14.3 Å². The van der Waals surface area contributed by atoms with Crippen LogP contribution in [0, 0.1) is 0 Å². The number of nitrogens with one attached hydrogen (secondary N) is 1. The lowest BCUT2D eigenvalue weighted by atomic mass is 9.81. The monoisotopic (exact) mass is 471 g/mol. The SMILES string of the molecule is C[C@@H]1CN(c2cc(=O)n(C)c3ncccc23)C[C@@H]2c3ccc(C4C[C@H]5COC[C@@H](C4)N5)cc3CN12. The molecular formula is C28H33N5O2. The summed E-state index contributed by atoms with van der Waals surface area (Å²) in [4.78, 5) is 22.3. The average Bonchev–Trinajstić information content (AvgIpc) is 3.24. The van der Waals surface area contributed by atoms with Crippen molar-refractivity contribution < 1.29 is 4.74 Å². The number of fused-ring (bicyclic) bond motifs is 6. The zero-order chi connectivity index (χ0) is 23.7. The van der Waals surface area contributed by atoms with Crippen molar-refractivity contribution >= 4 is 16.7 Å². The average molecular weight is 472 g/mol. The van der Waals surface area contributed by atoms with E-state index in [0.29, 0.717) is 30.1 Å². The van der Waals surface area contributed by atoms with Gasteiger partial charge < -0.3 is 15.0 Å². The van der Waals surface area contributed by atoms with E-state index >= 15 is 0 Å².